The molecule has 2 rings (SSSR count). The second-order valence-electron chi connectivity index (χ2n) is 5.02. The third-order valence-electron chi connectivity index (χ3n) is 3.39. The van der Waals surface area contributed by atoms with E-state index >= 15 is 0 Å². The molecule has 0 amide bonds. The second-order valence-corrected chi connectivity index (χ2v) is 5.02. The number of aromatic nitrogens is 2. The molecule has 5 nitrogen and oxygen atoms in total. The van der Waals surface area contributed by atoms with E-state index in [-0.39, 0.29) is 0 Å². The van der Waals surface area contributed by atoms with Crippen LogP contribution in [0.5, 0.6) is 0 Å². The molecule has 0 spiro atoms. The summed E-state index contributed by atoms with van der Waals surface area (Å²) in [6, 6.07) is 2.46. The van der Waals surface area contributed by atoms with Crippen molar-refractivity contribution in [1.82, 2.24) is 15.1 Å². The number of nitrogens with two attached hydrogens (primary N) is 1. The van der Waals surface area contributed by atoms with Crippen LogP contribution >= 0.6 is 0 Å². The number of rotatable bonds is 3. The van der Waals surface area contributed by atoms with E-state index in [0.717, 1.165) is 5.69 Å². The van der Waals surface area contributed by atoms with Gasteiger partial charge < -0.3 is 11.1 Å². The van der Waals surface area contributed by atoms with E-state index in [1.165, 1.54) is 38.5 Å². The summed E-state index contributed by atoms with van der Waals surface area (Å²) >= 11 is 0. The number of nitrogens with zero attached hydrogens (tertiary/aromatic N) is 3. The highest BCUT2D eigenvalue weighted by atomic mass is 15.3. The average molecular weight is 249 g/mol. The van der Waals surface area contributed by atoms with Crippen molar-refractivity contribution in [2.24, 2.45) is 17.8 Å². The van der Waals surface area contributed by atoms with Crippen LogP contribution in [0, 0.1) is 0 Å². The van der Waals surface area contributed by atoms with Gasteiger partial charge in [-0.1, -0.05) is 25.7 Å². The fourth-order valence-electron chi connectivity index (χ4n) is 2.39. The molecular weight excluding hydrogens is 226 g/mol. The summed E-state index contributed by atoms with van der Waals surface area (Å²) in [5, 5.41) is 7.60. The molecule has 1 aromatic rings. The van der Waals surface area contributed by atoms with Crippen LogP contribution in [0.3, 0.4) is 0 Å². The summed E-state index contributed by atoms with van der Waals surface area (Å²) in [6.07, 6.45) is 9.63. The Hall–Kier alpha value is -1.52. The monoisotopic (exact) mass is 249 g/mol. The molecule has 1 aromatic heterocycles. The number of aryl methyl sites for hydroxylation is 1. The predicted molar refractivity (Wildman–Crippen MR) is 73.2 cm³/mol. The Morgan fingerprint density at radius 1 is 1.44 bits per heavy atom. The van der Waals surface area contributed by atoms with Crippen LogP contribution in [0.25, 0.3) is 0 Å². The van der Waals surface area contributed by atoms with Crippen molar-refractivity contribution >= 4 is 5.96 Å². The van der Waals surface area contributed by atoms with Gasteiger partial charge in [-0.2, -0.15) is 5.10 Å². The largest absolute Gasteiger partial charge is 0.370 e. The Morgan fingerprint density at radius 3 is 2.78 bits per heavy atom. The van der Waals surface area contributed by atoms with Gasteiger partial charge >= 0.3 is 0 Å². The third kappa shape index (κ3) is 4.05. The van der Waals surface area contributed by atoms with Gasteiger partial charge in [0.25, 0.3) is 0 Å². The van der Waals surface area contributed by atoms with E-state index in [0.29, 0.717) is 18.5 Å². The minimum Gasteiger partial charge on any atom is -0.370 e. The van der Waals surface area contributed by atoms with Gasteiger partial charge in [-0.25, -0.2) is 4.99 Å². The van der Waals surface area contributed by atoms with Crippen LogP contribution in [-0.4, -0.2) is 21.8 Å². The van der Waals surface area contributed by atoms with Gasteiger partial charge in [0.05, 0.1) is 12.2 Å². The fourth-order valence-corrected chi connectivity index (χ4v) is 2.39. The van der Waals surface area contributed by atoms with Gasteiger partial charge in [0, 0.05) is 19.3 Å². The minimum atomic E-state index is 0.500. The number of guanidine groups is 1. The van der Waals surface area contributed by atoms with Gasteiger partial charge in [0.2, 0.25) is 0 Å². The third-order valence-corrected chi connectivity index (χ3v) is 3.39. The molecule has 0 saturated heterocycles. The highest BCUT2D eigenvalue weighted by Crippen LogP contribution is 2.16. The van der Waals surface area contributed by atoms with Crippen LogP contribution in [0.15, 0.2) is 17.3 Å². The SMILES string of the molecule is Cn1ccc(CN=C(N)NC2CCCCCC2)n1. The highest BCUT2D eigenvalue weighted by Gasteiger charge is 2.12. The summed E-state index contributed by atoms with van der Waals surface area (Å²) in [4.78, 5) is 4.34. The van der Waals surface area contributed by atoms with Crippen LogP contribution in [-0.2, 0) is 13.6 Å². The van der Waals surface area contributed by atoms with Crippen molar-refractivity contribution in [3.05, 3.63) is 18.0 Å². The Balaban J connectivity index is 1.80. The normalized spacial score (nSPS) is 18.6. The number of nitrogens with one attached hydrogen (secondary N) is 1. The molecule has 0 aromatic carbocycles. The summed E-state index contributed by atoms with van der Waals surface area (Å²) in [5.41, 5.74) is 6.86. The zero-order valence-electron chi connectivity index (χ0n) is 11.1. The van der Waals surface area contributed by atoms with Crippen molar-refractivity contribution in [2.45, 2.75) is 51.1 Å². The highest BCUT2D eigenvalue weighted by molar-refractivity contribution is 5.78. The molecule has 18 heavy (non-hydrogen) atoms. The average Bonchev–Trinajstić information content (AvgIpc) is 2.60. The van der Waals surface area contributed by atoms with Crippen molar-refractivity contribution in [2.75, 3.05) is 0 Å². The molecule has 5 heteroatoms. The van der Waals surface area contributed by atoms with Crippen molar-refractivity contribution in [1.29, 1.82) is 0 Å². The maximum atomic E-state index is 5.91. The quantitative estimate of drug-likeness (QED) is 0.485. The summed E-state index contributed by atoms with van der Waals surface area (Å²) in [6.45, 7) is 0.548. The Kier molecular flexibility index (Phi) is 4.61. The molecule has 1 heterocycles. The molecule has 1 fully saturated rings. The molecule has 0 atom stereocenters. The van der Waals surface area contributed by atoms with Gasteiger partial charge in [0.1, 0.15) is 0 Å². The van der Waals surface area contributed by atoms with Gasteiger partial charge in [-0.15, -0.1) is 0 Å². The lowest BCUT2D eigenvalue weighted by Crippen LogP contribution is -2.39. The fraction of sp³-hybridized carbons (Fsp3) is 0.692. The first-order valence-electron chi connectivity index (χ1n) is 6.79. The standard InChI is InChI=1S/C13H23N5/c1-18-9-8-12(17-18)10-15-13(14)16-11-6-4-2-3-5-7-11/h8-9,11H,2-7,10H2,1H3,(H3,14,15,16). The lowest BCUT2D eigenvalue weighted by molar-refractivity contribution is 0.530. The number of hydrogen-bond acceptors (Lipinski definition) is 2. The predicted octanol–water partition coefficient (Wildman–Crippen LogP) is 1.55. The molecule has 100 valence electrons. The summed E-state index contributed by atoms with van der Waals surface area (Å²) in [5.74, 6) is 0.549. The first kappa shape index (κ1) is 12.9. The summed E-state index contributed by atoms with van der Waals surface area (Å²) in [7, 11) is 1.90. The molecular formula is C13H23N5. The van der Waals surface area contributed by atoms with Gasteiger partial charge in [-0.3, -0.25) is 4.68 Å². The van der Waals surface area contributed by atoms with E-state index in [4.69, 9.17) is 5.73 Å². The first-order valence-corrected chi connectivity index (χ1v) is 6.79. The molecule has 1 aliphatic carbocycles. The van der Waals surface area contributed by atoms with E-state index in [1.807, 2.05) is 19.3 Å². The maximum absolute atomic E-state index is 5.91. The second kappa shape index (κ2) is 6.42. The van der Waals surface area contributed by atoms with E-state index in [9.17, 15) is 0 Å². The van der Waals surface area contributed by atoms with Gasteiger partial charge in [-0.05, 0) is 18.9 Å². The van der Waals surface area contributed by atoms with Crippen LogP contribution < -0.4 is 11.1 Å². The Morgan fingerprint density at radius 2 is 2.17 bits per heavy atom. The molecule has 1 saturated carbocycles. The zero-order valence-corrected chi connectivity index (χ0v) is 11.1. The van der Waals surface area contributed by atoms with Crippen LogP contribution in [0.2, 0.25) is 0 Å². The molecule has 0 radical (unpaired) electrons. The topological polar surface area (TPSA) is 68.2 Å². The lowest BCUT2D eigenvalue weighted by atomic mass is 10.1. The van der Waals surface area contributed by atoms with Crippen LogP contribution in [0.1, 0.15) is 44.2 Å². The van der Waals surface area contributed by atoms with Crippen molar-refractivity contribution < 1.29 is 0 Å². The van der Waals surface area contributed by atoms with E-state index in [1.54, 1.807) is 4.68 Å². The number of hydrogen-bond donors (Lipinski definition) is 2. The molecule has 1 aliphatic rings. The summed E-state index contributed by atoms with van der Waals surface area (Å²) < 4.78 is 1.78. The zero-order chi connectivity index (χ0) is 12.8. The minimum absolute atomic E-state index is 0.500. The van der Waals surface area contributed by atoms with E-state index in [2.05, 4.69) is 15.4 Å². The molecule has 0 bridgehead atoms. The first-order chi connectivity index (χ1) is 8.74. The maximum Gasteiger partial charge on any atom is 0.189 e. The van der Waals surface area contributed by atoms with Gasteiger partial charge in [0.15, 0.2) is 5.96 Å². The van der Waals surface area contributed by atoms with Crippen molar-refractivity contribution in [3.8, 4) is 0 Å². The molecule has 0 unspecified atom stereocenters. The molecule has 0 aliphatic heterocycles. The van der Waals surface area contributed by atoms with Crippen molar-refractivity contribution in [3.63, 3.8) is 0 Å². The Bertz CT molecular complexity index is 388. The van der Waals surface area contributed by atoms with Crippen LogP contribution in [0.4, 0.5) is 0 Å². The van der Waals surface area contributed by atoms with E-state index < -0.39 is 0 Å². The Labute approximate surface area is 108 Å². The number of aliphatic imine (C=N–C) groups is 1. The smallest absolute Gasteiger partial charge is 0.189 e. The lowest BCUT2D eigenvalue weighted by Gasteiger charge is -2.16. The molecule has 3 N–H and O–H groups in total.